The molecule has 1 aliphatic heterocycles. The molecule has 2 aromatic carbocycles. The summed E-state index contributed by atoms with van der Waals surface area (Å²) in [6.07, 6.45) is 0.207. The van der Waals surface area contributed by atoms with E-state index in [0.717, 1.165) is 16.5 Å². The van der Waals surface area contributed by atoms with Crippen molar-refractivity contribution in [1.82, 2.24) is 14.7 Å². The van der Waals surface area contributed by atoms with Crippen molar-refractivity contribution < 1.29 is 14.3 Å². The predicted molar refractivity (Wildman–Crippen MR) is 115 cm³/mol. The van der Waals surface area contributed by atoms with Crippen molar-refractivity contribution in [3.63, 3.8) is 0 Å². The Morgan fingerprint density at radius 2 is 1.97 bits per heavy atom. The molecule has 1 fully saturated rings. The Morgan fingerprint density at radius 1 is 1.20 bits per heavy atom. The number of nitrogens with zero attached hydrogens (tertiary/aromatic N) is 3. The van der Waals surface area contributed by atoms with E-state index in [4.69, 9.17) is 9.84 Å². The van der Waals surface area contributed by atoms with E-state index in [-0.39, 0.29) is 30.3 Å². The van der Waals surface area contributed by atoms with Crippen LogP contribution in [-0.4, -0.2) is 46.2 Å². The summed E-state index contributed by atoms with van der Waals surface area (Å²) in [5.74, 6) is 0.549. The fraction of sp³-hybridized carbons (Fsp3) is 0.348. The Hall–Kier alpha value is -3.35. The van der Waals surface area contributed by atoms with Crippen LogP contribution in [0.4, 0.5) is 5.82 Å². The minimum atomic E-state index is -0.380. The van der Waals surface area contributed by atoms with Gasteiger partial charge in [0.15, 0.2) is 5.82 Å². The van der Waals surface area contributed by atoms with E-state index in [1.165, 1.54) is 0 Å². The first-order valence-corrected chi connectivity index (χ1v) is 10.2. The lowest BCUT2D eigenvalue weighted by molar-refractivity contribution is -0.127. The highest BCUT2D eigenvalue weighted by Gasteiger charge is 2.33. The SMILES string of the molecule is CC(C)Oc1cccc2c1c(NC(=O)[C@H]1CC(=O)N(C)C1)nn2Cc1ccccc1. The van der Waals surface area contributed by atoms with E-state index in [0.29, 0.717) is 24.7 Å². The van der Waals surface area contributed by atoms with E-state index in [2.05, 4.69) is 5.32 Å². The molecule has 1 aliphatic rings. The van der Waals surface area contributed by atoms with Gasteiger partial charge >= 0.3 is 0 Å². The fourth-order valence-electron chi connectivity index (χ4n) is 3.77. The van der Waals surface area contributed by atoms with Crippen LogP contribution in [0.2, 0.25) is 0 Å². The summed E-state index contributed by atoms with van der Waals surface area (Å²) in [5.41, 5.74) is 1.99. The molecule has 0 unspecified atom stereocenters. The maximum absolute atomic E-state index is 12.9. The van der Waals surface area contributed by atoms with Crippen molar-refractivity contribution in [1.29, 1.82) is 0 Å². The van der Waals surface area contributed by atoms with E-state index >= 15 is 0 Å². The van der Waals surface area contributed by atoms with Crippen LogP contribution in [0.1, 0.15) is 25.8 Å². The van der Waals surface area contributed by atoms with Crippen LogP contribution in [0, 0.1) is 5.92 Å². The Labute approximate surface area is 175 Å². The van der Waals surface area contributed by atoms with Crippen LogP contribution in [0.3, 0.4) is 0 Å². The van der Waals surface area contributed by atoms with Gasteiger partial charge in [-0.3, -0.25) is 14.3 Å². The summed E-state index contributed by atoms with van der Waals surface area (Å²) in [6, 6.07) is 15.8. The average Bonchev–Trinajstić information content (AvgIpc) is 3.23. The second-order valence-electron chi connectivity index (χ2n) is 7.97. The fourth-order valence-corrected chi connectivity index (χ4v) is 3.77. The van der Waals surface area contributed by atoms with Gasteiger partial charge < -0.3 is 15.0 Å². The number of carbonyl (C=O) groups is 2. The average molecular weight is 406 g/mol. The number of likely N-dealkylation sites (tertiary alicyclic amines) is 1. The molecule has 0 aliphatic carbocycles. The lowest BCUT2D eigenvalue weighted by atomic mass is 10.1. The van der Waals surface area contributed by atoms with Gasteiger partial charge in [0.2, 0.25) is 11.8 Å². The molecule has 0 bridgehead atoms. The Morgan fingerprint density at radius 3 is 2.63 bits per heavy atom. The molecule has 30 heavy (non-hydrogen) atoms. The zero-order valence-electron chi connectivity index (χ0n) is 17.5. The van der Waals surface area contributed by atoms with E-state index < -0.39 is 0 Å². The van der Waals surface area contributed by atoms with Crippen molar-refractivity contribution >= 4 is 28.5 Å². The summed E-state index contributed by atoms with van der Waals surface area (Å²) in [4.78, 5) is 26.3. The second kappa shape index (κ2) is 8.18. The summed E-state index contributed by atoms with van der Waals surface area (Å²) >= 11 is 0. The Balaban J connectivity index is 1.71. The van der Waals surface area contributed by atoms with Crippen LogP contribution >= 0.6 is 0 Å². The molecule has 1 aromatic heterocycles. The molecule has 2 heterocycles. The molecule has 7 heteroatoms. The summed E-state index contributed by atoms with van der Waals surface area (Å²) in [5, 5.41) is 8.44. The Bertz CT molecular complexity index is 1070. The first-order chi connectivity index (χ1) is 14.4. The highest BCUT2D eigenvalue weighted by atomic mass is 16.5. The Kier molecular flexibility index (Phi) is 5.44. The standard InChI is InChI=1S/C23H26N4O3/c1-15(2)30-19-11-7-10-18-21(19)22(24-23(29)17-12-20(28)26(3)14-17)25-27(18)13-16-8-5-4-6-9-16/h4-11,15,17H,12-14H2,1-3H3,(H,24,25,29)/t17-/m0/s1. The minimum absolute atomic E-state index is 0.0153. The number of rotatable bonds is 6. The number of aromatic nitrogens is 2. The highest BCUT2D eigenvalue weighted by molar-refractivity contribution is 6.04. The predicted octanol–water partition coefficient (Wildman–Crippen LogP) is 3.29. The van der Waals surface area contributed by atoms with Gasteiger partial charge in [-0.1, -0.05) is 36.4 Å². The molecular formula is C23H26N4O3. The zero-order valence-corrected chi connectivity index (χ0v) is 17.5. The molecule has 1 atom stereocenters. The van der Waals surface area contributed by atoms with E-state index in [1.807, 2.05) is 67.1 Å². The molecule has 0 saturated carbocycles. The largest absolute Gasteiger partial charge is 0.490 e. The molecule has 0 spiro atoms. The first kappa shape index (κ1) is 19.9. The minimum Gasteiger partial charge on any atom is -0.490 e. The van der Waals surface area contributed by atoms with Crippen molar-refractivity contribution in [2.75, 3.05) is 18.9 Å². The smallest absolute Gasteiger partial charge is 0.231 e. The van der Waals surface area contributed by atoms with Crippen LogP contribution in [0.5, 0.6) is 5.75 Å². The number of anilines is 1. The molecular weight excluding hydrogens is 380 g/mol. The van der Waals surface area contributed by atoms with Crippen molar-refractivity contribution in [3.8, 4) is 5.75 Å². The lowest BCUT2D eigenvalue weighted by Gasteiger charge is -2.13. The lowest BCUT2D eigenvalue weighted by Crippen LogP contribution is -2.26. The van der Waals surface area contributed by atoms with E-state index in [1.54, 1.807) is 11.9 Å². The quantitative estimate of drug-likeness (QED) is 0.682. The maximum atomic E-state index is 12.9. The van der Waals surface area contributed by atoms with Crippen molar-refractivity contribution in [2.24, 2.45) is 5.92 Å². The topological polar surface area (TPSA) is 76.5 Å². The van der Waals surface area contributed by atoms with Gasteiger partial charge in [0.25, 0.3) is 0 Å². The zero-order chi connectivity index (χ0) is 21.3. The van der Waals surface area contributed by atoms with Crippen LogP contribution in [0.15, 0.2) is 48.5 Å². The number of carbonyl (C=O) groups excluding carboxylic acids is 2. The summed E-state index contributed by atoms with van der Waals surface area (Å²) in [7, 11) is 1.72. The van der Waals surface area contributed by atoms with E-state index in [9.17, 15) is 9.59 Å². The molecule has 3 aromatic rings. The monoisotopic (exact) mass is 406 g/mol. The normalized spacial score (nSPS) is 16.5. The number of nitrogens with one attached hydrogen (secondary N) is 1. The number of hydrogen-bond acceptors (Lipinski definition) is 4. The molecule has 156 valence electrons. The number of ether oxygens (including phenoxy) is 1. The molecule has 7 nitrogen and oxygen atoms in total. The third kappa shape index (κ3) is 4.01. The second-order valence-corrected chi connectivity index (χ2v) is 7.97. The van der Waals surface area contributed by atoms with Crippen molar-refractivity contribution in [2.45, 2.75) is 32.9 Å². The molecule has 1 N–H and O–H groups in total. The van der Waals surface area contributed by atoms with Gasteiger partial charge in [0.05, 0.1) is 29.5 Å². The first-order valence-electron chi connectivity index (χ1n) is 10.2. The van der Waals surface area contributed by atoms with Crippen molar-refractivity contribution in [3.05, 3.63) is 54.1 Å². The third-order valence-corrected chi connectivity index (χ3v) is 5.23. The van der Waals surface area contributed by atoms with Crippen LogP contribution < -0.4 is 10.1 Å². The molecule has 4 rings (SSSR count). The molecule has 1 saturated heterocycles. The summed E-state index contributed by atoms with van der Waals surface area (Å²) < 4.78 is 7.88. The summed E-state index contributed by atoms with van der Waals surface area (Å²) in [6.45, 7) is 4.92. The number of hydrogen-bond donors (Lipinski definition) is 1. The number of fused-ring (bicyclic) bond motifs is 1. The van der Waals surface area contributed by atoms with Gasteiger partial charge in [0, 0.05) is 20.0 Å². The number of amides is 2. The maximum Gasteiger partial charge on any atom is 0.231 e. The number of benzene rings is 2. The van der Waals surface area contributed by atoms with Gasteiger partial charge in [-0.05, 0) is 31.5 Å². The molecule has 2 amide bonds. The third-order valence-electron chi connectivity index (χ3n) is 5.23. The highest BCUT2D eigenvalue weighted by Crippen LogP contribution is 2.34. The van der Waals surface area contributed by atoms with Gasteiger partial charge in [-0.15, -0.1) is 0 Å². The van der Waals surface area contributed by atoms with Gasteiger partial charge in [-0.25, -0.2) is 0 Å². The van der Waals surface area contributed by atoms with Gasteiger partial charge in [0.1, 0.15) is 5.75 Å². The van der Waals surface area contributed by atoms with Crippen LogP contribution in [-0.2, 0) is 16.1 Å². The van der Waals surface area contributed by atoms with Crippen LogP contribution in [0.25, 0.3) is 10.9 Å². The van der Waals surface area contributed by atoms with Gasteiger partial charge in [-0.2, -0.15) is 5.10 Å². The molecule has 0 radical (unpaired) electrons.